The van der Waals surface area contributed by atoms with E-state index in [1.54, 1.807) is 6.20 Å². The number of Topliss-reactive ketones (excluding diaryl/α,β-unsaturated/α-hetero) is 1. The van der Waals surface area contributed by atoms with Gasteiger partial charge >= 0.3 is 6.55 Å². The summed E-state index contributed by atoms with van der Waals surface area (Å²) in [6.07, 6.45) is 7.84. The van der Waals surface area contributed by atoms with Crippen molar-refractivity contribution >= 4 is 28.7 Å². The number of fused-ring (bicyclic) bond motifs is 1. The number of hydrogen-bond donors (Lipinski definition) is 2. The summed E-state index contributed by atoms with van der Waals surface area (Å²) < 4.78 is 26.6. The molecular formula is C20H26F2N5O+. The fourth-order valence-electron chi connectivity index (χ4n) is 3.71. The summed E-state index contributed by atoms with van der Waals surface area (Å²) in [7, 11) is 0. The van der Waals surface area contributed by atoms with Gasteiger partial charge in [-0.3, -0.25) is 4.79 Å². The lowest BCUT2D eigenvalue weighted by molar-refractivity contribution is -0.706. The van der Waals surface area contributed by atoms with Gasteiger partial charge in [0.1, 0.15) is 11.8 Å². The molecule has 3 rings (SSSR count). The van der Waals surface area contributed by atoms with E-state index in [0.29, 0.717) is 24.5 Å². The second kappa shape index (κ2) is 8.58. The molecule has 1 fully saturated rings. The van der Waals surface area contributed by atoms with Gasteiger partial charge in [0.05, 0.1) is 24.0 Å². The van der Waals surface area contributed by atoms with Gasteiger partial charge in [0, 0.05) is 25.1 Å². The number of pyridine rings is 1. The van der Waals surface area contributed by atoms with Gasteiger partial charge in [0.2, 0.25) is 0 Å². The van der Waals surface area contributed by atoms with E-state index >= 15 is 0 Å². The number of nitrogens with one attached hydrogen (secondary N) is 1. The first-order valence-electron chi connectivity index (χ1n) is 9.56. The number of hydrogen-bond acceptors (Lipinski definition) is 4. The number of rotatable bonds is 6. The van der Waals surface area contributed by atoms with Gasteiger partial charge in [0.25, 0.3) is 5.82 Å². The van der Waals surface area contributed by atoms with Crippen LogP contribution < -0.4 is 10.3 Å². The van der Waals surface area contributed by atoms with Crippen molar-refractivity contribution in [3.8, 4) is 0 Å². The maximum absolute atomic E-state index is 12.2. The molecule has 0 radical (unpaired) electrons. The molecule has 150 valence electrons. The number of carbonyl (C=O) groups is 1. The number of aliphatic imine (C=N–C) groups is 1. The third kappa shape index (κ3) is 4.61. The minimum atomic E-state index is -2.77. The first-order valence-corrected chi connectivity index (χ1v) is 9.56. The molecule has 1 atom stereocenters. The van der Waals surface area contributed by atoms with Crippen LogP contribution in [-0.4, -0.2) is 28.5 Å². The molecule has 0 bridgehead atoms. The van der Waals surface area contributed by atoms with Crippen LogP contribution in [0.2, 0.25) is 0 Å². The maximum Gasteiger partial charge on any atom is 0.331 e. The van der Waals surface area contributed by atoms with Crippen LogP contribution in [0.3, 0.4) is 0 Å². The Morgan fingerprint density at radius 3 is 2.96 bits per heavy atom. The molecule has 0 spiro atoms. The van der Waals surface area contributed by atoms with Crippen LogP contribution in [0, 0.1) is 5.92 Å². The largest absolute Gasteiger partial charge is 0.397 e. The average Bonchev–Trinajstić information content (AvgIpc) is 2.97. The third-order valence-electron chi connectivity index (χ3n) is 4.88. The number of imidazole rings is 1. The summed E-state index contributed by atoms with van der Waals surface area (Å²) in [6, 6.07) is 1.95. The number of aromatic amines is 1. The quantitative estimate of drug-likeness (QED) is 0.451. The zero-order chi connectivity index (χ0) is 20.3. The summed E-state index contributed by atoms with van der Waals surface area (Å²) in [5.74, 6) is 1.79. The van der Waals surface area contributed by atoms with Crippen molar-refractivity contribution < 1.29 is 18.1 Å². The van der Waals surface area contributed by atoms with Crippen LogP contribution >= 0.6 is 0 Å². The molecule has 1 aliphatic rings. The molecular weight excluding hydrogens is 364 g/mol. The predicted molar refractivity (Wildman–Crippen MR) is 104 cm³/mol. The molecule has 2 heterocycles. The van der Waals surface area contributed by atoms with Crippen LogP contribution in [0.5, 0.6) is 0 Å². The number of allylic oxidation sites excluding steroid dienone is 1. The number of alkyl halides is 2. The van der Waals surface area contributed by atoms with Crippen LogP contribution in [0.25, 0.3) is 16.7 Å². The number of halogens is 2. The van der Waals surface area contributed by atoms with Crippen molar-refractivity contribution in [1.82, 2.24) is 9.97 Å². The Morgan fingerprint density at radius 2 is 2.29 bits per heavy atom. The van der Waals surface area contributed by atoms with Crippen molar-refractivity contribution in [2.24, 2.45) is 16.6 Å². The van der Waals surface area contributed by atoms with Crippen LogP contribution in [0.4, 0.5) is 8.78 Å². The maximum atomic E-state index is 12.2. The molecule has 2 aromatic heterocycles. The predicted octanol–water partition coefficient (Wildman–Crippen LogP) is 3.33. The Balaban J connectivity index is 2.05. The highest BCUT2D eigenvalue weighted by Gasteiger charge is 2.31. The molecule has 0 amide bonds. The minimum Gasteiger partial charge on any atom is -0.397 e. The number of nitrogens with zero attached hydrogens (tertiary/aromatic N) is 3. The monoisotopic (exact) mass is 390 g/mol. The summed E-state index contributed by atoms with van der Waals surface area (Å²) in [6.45, 7) is 1.53. The van der Waals surface area contributed by atoms with Crippen molar-refractivity contribution in [2.45, 2.75) is 58.5 Å². The number of nitrogens with two attached hydrogens (primary N) is 1. The van der Waals surface area contributed by atoms with E-state index in [2.05, 4.69) is 33.4 Å². The fraction of sp³-hybridized carbons (Fsp3) is 0.500. The number of ketones is 1. The van der Waals surface area contributed by atoms with Crippen molar-refractivity contribution in [1.29, 1.82) is 0 Å². The summed E-state index contributed by atoms with van der Waals surface area (Å²) in [4.78, 5) is 22.8. The molecule has 0 aliphatic heterocycles. The highest BCUT2D eigenvalue weighted by atomic mass is 19.3. The number of H-pyrrole nitrogens is 1. The highest BCUT2D eigenvalue weighted by molar-refractivity contribution is 5.84. The molecule has 6 nitrogen and oxygen atoms in total. The van der Waals surface area contributed by atoms with Gasteiger partial charge in [-0.05, 0) is 24.8 Å². The molecule has 1 saturated carbocycles. The molecule has 3 N–H and O–H groups in total. The number of aromatic nitrogens is 3. The normalized spacial score (nSPS) is 18.9. The Bertz CT molecular complexity index is 917. The second-order valence-electron chi connectivity index (χ2n) is 7.61. The van der Waals surface area contributed by atoms with Crippen molar-refractivity contribution in [3.63, 3.8) is 0 Å². The standard InChI is InChI=1S/C20H25F2N5O/c1-12(2)8-19-26-17-11-25-16(15(23)6-7-24-20(21)22)10-18(17)27(19)13-4-3-5-14(28)9-13/h6-7,10-13,20H,3-5,8-9H2,1-2H3,(H2,23,24)/p+1/t13-/m1/s1. The first-order chi connectivity index (χ1) is 13.3. The lowest BCUT2D eigenvalue weighted by Gasteiger charge is -2.20. The summed E-state index contributed by atoms with van der Waals surface area (Å²) in [5, 5.41) is 0. The van der Waals surface area contributed by atoms with E-state index in [0.717, 1.165) is 42.3 Å². The molecule has 0 aromatic carbocycles. The number of carbonyl (C=O) groups excluding carboxylic acids is 1. The van der Waals surface area contributed by atoms with Crippen LogP contribution in [0.1, 0.15) is 57.1 Å². The van der Waals surface area contributed by atoms with Crippen molar-refractivity contribution in [3.05, 3.63) is 29.9 Å². The van der Waals surface area contributed by atoms with Crippen molar-refractivity contribution in [2.75, 3.05) is 0 Å². The van der Waals surface area contributed by atoms with E-state index in [4.69, 9.17) is 5.73 Å². The van der Waals surface area contributed by atoms with Gasteiger partial charge in [-0.2, -0.15) is 8.78 Å². The van der Waals surface area contributed by atoms with Gasteiger partial charge in [0.15, 0.2) is 11.0 Å². The second-order valence-corrected chi connectivity index (χ2v) is 7.61. The first kappa shape index (κ1) is 20.1. The van der Waals surface area contributed by atoms with Gasteiger partial charge in [-0.25, -0.2) is 19.5 Å². The summed E-state index contributed by atoms with van der Waals surface area (Å²) >= 11 is 0. The van der Waals surface area contributed by atoms with Crippen LogP contribution in [-0.2, 0) is 11.2 Å². The Hall–Kier alpha value is -2.64. The zero-order valence-electron chi connectivity index (χ0n) is 16.2. The lowest BCUT2D eigenvalue weighted by atomic mass is 9.93. The van der Waals surface area contributed by atoms with Crippen LogP contribution in [0.15, 0.2) is 23.3 Å². The molecule has 28 heavy (non-hydrogen) atoms. The molecule has 0 unspecified atom stereocenters. The molecule has 1 aliphatic carbocycles. The highest BCUT2D eigenvalue weighted by Crippen LogP contribution is 2.25. The van der Waals surface area contributed by atoms with E-state index in [1.165, 1.54) is 6.08 Å². The van der Waals surface area contributed by atoms with E-state index in [-0.39, 0.29) is 17.5 Å². The van der Waals surface area contributed by atoms with E-state index in [9.17, 15) is 13.6 Å². The van der Waals surface area contributed by atoms with Gasteiger partial charge in [-0.15, -0.1) is 0 Å². The van der Waals surface area contributed by atoms with E-state index in [1.807, 2.05) is 6.07 Å². The molecule has 2 aromatic rings. The third-order valence-corrected chi connectivity index (χ3v) is 4.88. The Kier molecular flexibility index (Phi) is 6.16. The molecule has 8 heteroatoms. The van der Waals surface area contributed by atoms with Gasteiger partial charge in [-0.1, -0.05) is 13.8 Å². The smallest absolute Gasteiger partial charge is 0.331 e. The van der Waals surface area contributed by atoms with E-state index < -0.39 is 6.55 Å². The fourth-order valence-corrected chi connectivity index (χ4v) is 3.71. The average molecular weight is 390 g/mol. The lowest BCUT2D eigenvalue weighted by Crippen LogP contribution is -2.45. The minimum absolute atomic E-state index is 0.101. The van der Waals surface area contributed by atoms with Gasteiger partial charge < -0.3 is 5.73 Å². The topological polar surface area (TPSA) is 88.0 Å². The Morgan fingerprint density at radius 1 is 1.50 bits per heavy atom. The molecule has 0 saturated heterocycles. The SMILES string of the molecule is CC(C)Cc1[nH]c2cnc(/C(N)=C/C=N/C(F)F)cc2[n+]1[C@@H]1CCCC(=O)C1. The zero-order valence-corrected chi connectivity index (χ0v) is 16.2. The Labute approximate surface area is 162 Å². The summed E-state index contributed by atoms with van der Waals surface area (Å²) in [5.41, 5.74) is 8.52.